The van der Waals surface area contributed by atoms with E-state index in [-0.39, 0.29) is 5.91 Å². The normalized spacial score (nSPS) is 12.1. The molecule has 0 saturated carbocycles. The third-order valence-corrected chi connectivity index (χ3v) is 4.32. The molecule has 1 amide bonds. The van der Waals surface area contributed by atoms with Crippen molar-refractivity contribution in [2.24, 2.45) is 5.73 Å². The maximum atomic E-state index is 11.6. The molecule has 0 aliphatic carbocycles. The summed E-state index contributed by atoms with van der Waals surface area (Å²) in [5, 5.41) is 3.22. The third kappa shape index (κ3) is 3.46. The monoisotopic (exact) mass is 332 g/mol. The third-order valence-electron chi connectivity index (χ3n) is 3.19. The fourth-order valence-electron chi connectivity index (χ4n) is 2.08. The molecule has 20 heavy (non-hydrogen) atoms. The molecule has 0 aromatic heterocycles. The average Bonchev–Trinajstić information content (AvgIpc) is 2.44. The quantitative estimate of drug-likeness (QED) is 0.884. The predicted octanol–water partition coefficient (Wildman–Crippen LogP) is 3.07. The van der Waals surface area contributed by atoms with E-state index in [9.17, 15) is 4.79 Å². The number of amides is 1. The summed E-state index contributed by atoms with van der Waals surface area (Å²) in [5.41, 5.74) is 8.64. The Bertz CT molecular complexity index is 599. The molecule has 0 radical (unpaired) electrons. The van der Waals surface area contributed by atoms with Crippen LogP contribution in [0.4, 0.5) is 0 Å². The van der Waals surface area contributed by atoms with Gasteiger partial charge in [0, 0.05) is 11.0 Å². The topological polar surface area (TPSA) is 55.1 Å². The summed E-state index contributed by atoms with van der Waals surface area (Å²) < 4.78 is 1.06. The SMILES string of the molecule is Cc1cccc(CN[C@@H](C(N)=O)c2ccccc2)c1Br. The number of carbonyl (C=O) groups excluding carboxylic acids is 1. The first-order chi connectivity index (χ1) is 9.59. The molecule has 0 bridgehead atoms. The van der Waals surface area contributed by atoms with Gasteiger partial charge in [0.25, 0.3) is 0 Å². The number of primary amides is 1. The second-order valence-corrected chi connectivity index (χ2v) is 5.47. The highest BCUT2D eigenvalue weighted by Crippen LogP contribution is 2.22. The summed E-state index contributed by atoms with van der Waals surface area (Å²) in [4.78, 5) is 11.6. The maximum absolute atomic E-state index is 11.6. The Morgan fingerprint density at radius 3 is 2.55 bits per heavy atom. The Kier molecular flexibility index (Phi) is 4.93. The molecule has 104 valence electrons. The van der Waals surface area contributed by atoms with Gasteiger partial charge in [0.2, 0.25) is 5.91 Å². The summed E-state index contributed by atoms with van der Waals surface area (Å²) in [7, 11) is 0. The molecule has 0 fully saturated rings. The number of hydrogen-bond donors (Lipinski definition) is 2. The molecule has 0 spiro atoms. The Balaban J connectivity index is 2.14. The van der Waals surface area contributed by atoms with Crippen molar-refractivity contribution in [3.8, 4) is 0 Å². The van der Waals surface area contributed by atoms with Crippen molar-refractivity contribution in [3.05, 3.63) is 69.7 Å². The second kappa shape index (κ2) is 6.68. The number of hydrogen-bond acceptors (Lipinski definition) is 2. The van der Waals surface area contributed by atoms with Gasteiger partial charge in [-0.3, -0.25) is 10.1 Å². The standard InChI is InChI=1S/C16H17BrN2O/c1-11-6-5-9-13(14(11)17)10-19-15(16(18)20)12-7-3-2-4-8-12/h2-9,15,19H,10H2,1H3,(H2,18,20)/t15-/m1/s1. The van der Waals surface area contributed by atoms with E-state index in [1.165, 1.54) is 5.56 Å². The number of nitrogens with two attached hydrogens (primary N) is 1. The molecule has 0 saturated heterocycles. The van der Waals surface area contributed by atoms with Gasteiger partial charge in [-0.2, -0.15) is 0 Å². The van der Waals surface area contributed by atoms with Gasteiger partial charge in [-0.1, -0.05) is 64.5 Å². The number of carbonyl (C=O) groups is 1. The fourth-order valence-corrected chi connectivity index (χ4v) is 2.49. The van der Waals surface area contributed by atoms with Gasteiger partial charge in [0.05, 0.1) is 0 Å². The molecule has 0 unspecified atom stereocenters. The lowest BCUT2D eigenvalue weighted by Crippen LogP contribution is -2.33. The van der Waals surface area contributed by atoms with Gasteiger partial charge >= 0.3 is 0 Å². The molecule has 2 aromatic carbocycles. The van der Waals surface area contributed by atoms with E-state index in [0.29, 0.717) is 6.54 Å². The van der Waals surface area contributed by atoms with Crippen molar-refractivity contribution in [1.82, 2.24) is 5.32 Å². The number of rotatable bonds is 5. The molecule has 3 N–H and O–H groups in total. The van der Waals surface area contributed by atoms with Crippen LogP contribution in [0.3, 0.4) is 0 Å². The van der Waals surface area contributed by atoms with E-state index in [2.05, 4.69) is 21.2 Å². The van der Waals surface area contributed by atoms with Crippen LogP contribution in [-0.4, -0.2) is 5.91 Å². The molecular weight excluding hydrogens is 316 g/mol. The predicted molar refractivity (Wildman–Crippen MR) is 84.1 cm³/mol. The molecular formula is C16H17BrN2O. The van der Waals surface area contributed by atoms with Gasteiger partial charge in [-0.05, 0) is 23.6 Å². The lowest BCUT2D eigenvalue weighted by Gasteiger charge is -2.17. The Morgan fingerprint density at radius 2 is 1.90 bits per heavy atom. The summed E-state index contributed by atoms with van der Waals surface area (Å²) in [6.45, 7) is 2.61. The van der Waals surface area contributed by atoms with E-state index in [0.717, 1.165) is 15.6 Å². The van der Waals surface area contributed by atoms with Gasteiger partial charge in [0.15, 0.2) is 0 Å². The van der Waals surface area contributed by atoms with Crippen molar-refractivity contribution < 1.29 is 4.79 Å². The van der Waals surface area contributed by atoms with Crippen LogP contribution >= 0.6 is 15.9 Å². The lowest BCUT2D eigenvalue weighted by molar-refractivity contribution is -0.120. The Morgan fingerprint density at radius 1 is 1.20 bits per heavy atom. The summed E-state index contributed by atoms with van der Waals surface area (Å²) in [6, 6.07) is 15.1. The summed E-state index contributed by atoms with van der Waals surface area (Å²) in [6.07, 6.45) is 0. The minimum absolute atomic E-state index is 0.375. The van der Waals surface area contributed by atoms with E-state index < -0.39 is 6.04 Å². The zero-order valence-electron chi connectivity index (χ0n) is 11.3. The van der Waals surface area contributed by atoms with Crippen molar-refractivity contribution in [3.63, 3.8) is 0 Å². The number of benzene rings is 2. The molecule has 3 nitrogen and oxygen atoms in total. The van der Waals surface area contributed by atoms with Gasteiger partial charge in [-0.15, -0.1) is 0 Å². The van der Waals surface area contributed by atoms with Crippen molar-refractivity contribution in [2.75, 3.05) is 0 Å². The van der Waals surface area contributed by atoms with Gasteiger partial charge in [0.1, 0.15) is 6.04 Å². The molecule has 4 heteroatoms. The number of halogens is 1. The van der Waals surface area contributed by atoms with E-state index in [1.807, 2.05) is 55.5 Å². The lowest BCUT2D eigenvalue weighted by atomic mass is 10.1. The van der Waals surface area contributed by atoms with Crippen LogP contribution in [0.15, 0.2) is 53.0 Å². The molecule has 0 aliphatic heterocycles. The van der Waals surface area contributed by atoms with Crippen LogP contribution in [0.25, 0.3) is 0 Å². The first-order valence-electron chi connectivity index (χ1n) is 6.41. The van der Waals surface area contributed by atoms with E-state index >= 15 is 0 Å². The maximum Gasteiger partial charge on any atom is 0.239 e. The average molecular weight is 333 g/mol. The second-order valence-electron chi connectivity index (χ2n) is 4.67. The zero-order chi connectivity index (χ0) is 14.5. The molecule has 0 aliphatic rings. The Hall–Kier alpha value is -1.65. The van der Waals surface area contributed by atoms with Crippen LogP contribution in [-0.2, 0) is 11.3 Å². The first kappa shape index (κ1) is 14.8. The van der Waals surface area contributed by atoms with Crippen LogP contribution in [0.5, 0.6) is 0 Å². The van der Waals surface area contributed by atoms with Crippen molar-refractivity contribution >= 4 is 21.8 Å². The van der Waals surface area contributed by atoms with Crippen molar-refractivity contribution in [1.29, 1.82) is 0 Å². The van der Waals surface area contributed by atoms with Crippen LogP contribution in [0.2, 0.25) is 0 Å². The highest BCUT2D eigenvalue weighted by molar-refractivity contribution is 9.10. The van der Waals surface area contributed by atoms with E-state index in [1.54, 1.807) is 0 Å². The van der Waals surface area contributed by atoms with E-state index in [4.69, 9.17) is 5.73 Å². The van der Waals surface area contributed by atoms with Gasteiger partial charge < -0.3 is 5.73 Å². The molecule has 2 rings (SSSR count). The smallest absolute Gasteiger partial charge is 0.239 e. The molecule has 2 aromatic rings. The minimum atomic E-state index is -0.483. The van der Waals surface area contributed by atoms with Crippen LogP contribution in [0, 0.1) is 6.92 Å². The Labute approximate surface area is 127 Å². The fraction of sp³-hybridized carbons (Fsp3) is 0.188. The number of aryl methyl sites for hydroxylation is 1. The minimum Gasteiger partial charge on any atom is -0.368 e. The van der Waals surface area contributed by atoms with Crippen LogP contribution < -0.4 is 11.1 Å². The highest BCUT2D eigenvalue weighted by atomic mass is 79.9. The molecule has 0 heterocycles. The number of nitrogens with one attached hydrogen (secondary N) is 1. The van der Waals surface area contributed by atoms with Crippen molar-refractivity contribution in [2.45, 2.75) is 19.5 Å². The first-order valence-corrected chi connectivity index (χ1v) is 7.20. The zero-order valence-corrected chi connectivity index (χ0v) is 12.9. The summed E-state index contributed by atoms with van der Waals surface area (Å²) >= 11 is 3.57. The largest absolute Gasteiger partial charge is 0.368 e. The van der Waals surface area contributed by atoms with Gasteiger partial charge in [-0.25, -0.2) is 0 Å². The highest BCUT2D eigenvalue weighted by Gasteiger charge is 2.17. The van der Waals surface area contributed by atoms with Crippen LogP contribution in [0.1, 0.15) is 22.7 Å². The summed E-state index contributed by atoms with van der Waals surface area (Å²) in [5.74, 6) is -0.375. The molecule has 1 atom stereocenters.